The van der Waals surface area contributed by atoms with Gasteiger partial charge in [0.05, 0.1) is 13.2 Å². The van der Waals surface area contributed by atoms with Crippen molar-refractivity contribution >= 4 is 19.8 Å². The Morgan fingerprint density at radius 3 is 0.901 bits per heavy atom. The van der Waals surface area contributed by atoms with Crippen LogP contribution >= 0.6 is 7.82 Å². The second-order valence-electron chi connectivity index (χ2n) is 25.1. The standard InChI is InChI=1S/C81H142NO8P/c1-3-5-7-9-11-13-15-17-19-21-23-25-27-29-31-33-35-37-38-39-40-42-44-46-48-50-52-54-56-58-60-62-64-66-68-70-72-74-81(84)90-79(78-89-91(85,86)88-76-75-82)77-87-80(83)73-71-69-67-65-63-61-59-57-55-53-51-49-47-45-43-41-36-34-32-30-28-26-24-22-20-18-16-14-12-10-8-6-4-2/h5,7,11,13,16-19,22-25,28-31,35,37,39-40,79H,3-4,6,8-10,12,14-15,20-21,26-27,32-34,36,38,41-78,82H2,1-2H3,(H,85,86)/b7-5-,13-11-,18-16-,19-17-,24-22-,25-23-,30-28-,31-29-,37-35-,40-39-. The summed E-state index contributed by atoms with van der Waals surface area (Å²) in [6.45, 7) is 3.66. The molecule has 0 saturated carbocycles. The fourth-order valence-electron chi connectivity index (χ4n) is 10.7. The summed E-state index contributed by atoms with van der Waals surface area (Å²) in [5.74, 6) is -0.818. The molecule has 0 rings (SSSR count). The van der Waals surface area contributed by atoms with E-state index in [1.807, 2.05) is 0 Å². The third-order valence-electron chi connectivity index (χ3n) is 16.3. The number of carbonyl (C=O) groups is 2. The SMILES string of the molecule is CC/C=C\C/C=C\C/C=C\C/C=C\C/C=C\C/C=C\C/C=C\CCCCCCCCCCCCCCCCCC(=O)OC(COC(=O)CCCCCCCCCCCCCCCCCCCC/C=C\C/C=C\C/C=C\CCCCCCC)COP(=O)(O)OCCN. The molecule has 10 heteroatoms. The largest absolute Gasteiger partial charge is 0.472 e. The van der Waals surface area contributed by atoms with Gasteiger partial charge >= 0.3 is 19.8 Å². The molecule has 2 atom stereocenters. The van der Waals surface area contributed by atoms with Gasteiger partial charge in [0.2, 0.25) is 0 Å². The van der Waals surface area contributed by atoms with Crippen molar-refractivity contribution in [1.82, 2.24) is 0 Å². The zero-order chi connectivity index (χ0) is 65.8. The van der Waals surface area contributed by atoms with Crippen molar-refractivity contribution in [2.75, 3.05) is 26.4 Å². The highest BCUT2D eigenvalue weighted by Crippen LogP contribution is 2.43. The lowest BCUT2D eigenvalue weighted by Crippen LogP contribution is -2.29. The Hall–Kier alpha value is -3.59. The van der Waals surface area contributed by atoms with E-state index in [1.165, 1.54) is 218 Å². The Bertz CT molecular complexity index is 1910. The van der Waals surface area contributed by atoms with Crippen LogP contribution in [0.3, 0.4) is 0 Å². The smallest absolute Gasteiger partial charge is 0.462 e. The quantitative estimate of drug-likeness (QED) is 0.0264. The molecule has 524 valence electrons. The normalized spacial score (nSPS) is 13.6. The Kier molecular flexibility index (Phi) is 72.5. The molecular formula is C81H142NO8P. The Morgan fingerprint density at radius 2 is 0.604 bits per heavy atom. The number of rotatable bonds is 71. The molecule has 0 aliphatic carbocycles. The predicted molar refractivity (Wildman–Crippen MR) is 394 cm³/mol. The lowest BCUT2D eigenvalue weighted by Gasteiger charge is -2.19. The molecule has 3 N–H and O–H groups in total. The fourth-order valence-corrected chi connectivity index (χ4v) is 11.5. The molecule has 0 spiro atoms. The molecule has 9 nitrogen and oxygen atoms in total. The van der Waals surface area contributed by atoms with Crippen molar-refractivity contribution in [3.05, 3.63) is 122 Å². The topological polar surface area (TPSA) is 134 Å². The van der Waals surface area contributed by atoms with E-state index in [4.69, 9.17) is 24.3 Å². The summed E-state index contributed by atoms with van der Waals surface area (Å²) >= 11 is 0. The van der Waals surface area contributed by atoms with Gasteiger partial charge in [-0.05, 0) is 109 Å². The van der Waals surface area contributed by atoms with Gasteiger partial charge in [0.15, 0.2) is 6.10 Å². The van der Waals surface area contributed by atoms with E-state index >= 15 is 0 Å². The molecule has 0 saturated heterocycles. The number of hydrogen-bond donors (Lipinski definition) is 2. The Labute approximate surface area is 561 Å². The molecule has 0 amide bonds. The third-order valence-corrected chi connectivity index (χ3v) is 17.3. The van der Waals surface area contributed by atoms with Crippen LogP contribution in [0.25, 0.3) is 0 Å². The number of hydrogen-bond acceptors (Lipinski definition) is 8. The van der Waals surface area contributed by atoms with Crippen molar-refractivity contribution in [2.24, 2.45) is 5.73 Å². The summed E-state index contributed by atoms with van der Waals surface area (Å²) < 4.78 is 33.2. The minimum Gasteiger partial charge on any atom is -0.462 e. The zero-order valence-electron chi connectivity index (χ0n) is 59.1. The summed E-state index contributed by atoms with van der Waals surface area (Å²) in [5.41, 5.74) is 5.41. The maximum absolute atomic E-state index is 12.8. The first-order chi connectivity index (χ1) is 44.8. The molecule has 0 aliphatic rings. The lowest BCUT2D eigenvalue weighted by atomic mass is 10.0. The van der Waals surface area contributed by atoms with Gasteiger partial charge < -0.3 is 20.1 Å². The highest BCUT2D eigenvalue weighted by atomic mass is 31.2. The monoisotopic (exact) mass is 1290 g/mol. The number of nitrogens with two attached hydrogens (primary N) is 1. The molecule has 0 heterocycles. The molecule has 2 unspecified atom stereocenters. The highest BCUT2D eigenvalue weighted by Gasteiger charge is 2.26. The first kappa shape index (κ1) is 87.4. The van der Waals surface area contributed by atoms with Crippen LogP contribution in [0.1, 0.15) is 348 Å². The molecule has 0 fully saturated rings. The van der Waals surface area contributed by atoms with E-state index in [0.29, 0.717) is 6.42 Å². The summed E-state index contributed by atoms with van der Waals surface area (Å²) in [6.07, 6.45) is 106. The lowest BCUT2D eigenvalue weighted by molar-refractivity contribution is -0.161. The van der Waals surface area contributed by atoms with Gasteiger partial charge in [0, 0.05) is 19.4 Å². The number of carbonyl (C=O) groups excluding carboxylic acids is 2. The molecule has 0 aliphatic heterocycles. The van der Waals surface area contributed by atoms with Crippen molar-refractivity contribution in [3.8, 4) is 0 Å². The van der Waals surface area contributed by atoms with Gasteiger partial charge in [0.1, 0.15) is 6.61 Å². The van der Waals surface area contributed by atoms with E-state index < -0.39 is 26.5 Å². The highest BCUT2D eigenvalue weighted by molar-refractivity contribution is 7.47. The first-order valence-corrected chi connectivity index (χ1v) is 39.5. The van der Waals surface area contributed by atoms with Crippen LogP contribution in [0.4, 0.5) is 0 Å². The van der Waals surface area contributed by atoms with Crippen LogP contribution in [0, 0.1) is 0 Å². The van der Waals surface area contributed by atoms with Gasteiger partial charge in [-0.3, -0.25) is 18.6 Å². The second kappa shape index (κ2) is 75.4. The van der Waals surface area contributed by atoms with Gasteiger partial charge in [-0.2, -0.15) is 0 Å². The van der Waals surface area contributed by atoms with Gasteiger partial charge in [-0.1, -0.05) is 347 Å². The van der Waals surface area contributed by atoms with E-state index in [2.05, 4.69) is 135 Å². The number of phosphoric ester groups is 1. The number of unbranched alkanes of at least 4 members (excludes halogenated alkanes) is 38. The third kappa shape index (κ3) is 75.3. The molecule has 0 bridgehead atoms. The van der Waals surface area contributed by atoms with Crippen molar-refractivity contribution in [3.63, 3.8) is 0 Å². The summed E-state index contributed by atoms with van der Waals surface area (Å²) in [5, 5.41) is 0. The molecule has 91 heavy (non-hydrogen) atoms. The summed E-state index contributed by atoms with van der Waals surface area (Å²) in [6, 6.07) is 0. The molecule has 0 aromatic heterocycles. The predicted octanol–water partition coefficient (Wildman–Crippen LogP) is 25.4. The van der Waals surface area contributed by atoms with Gasteiger partial charge in [-0.15, -0.1) is 0 Å². The van der Waals surface area contributed by atoms with E-state index in [9.17, 15) is 19.0 Å². The molecular weight excluding hydrogens is 1150 g/mol. The summed E-state index contributed by atoms with van der Waals surface area (Å²) in [7, 11) is -4.40. The molecule has 0 radical (unpaired) electrons. The maximum Gasteiger partial charge on any atom is 0.472 e. The number of allylic oxidation sites excluding steroid dienone is 20. The molecule has 0 aromatic rings. The number of esters is 2. The fraction of sp³-hybridized carbons (Fsp3) is 0.728. The maximum atomic E-state index is 12.8. The summed E-state index contributed by atoms with van der Waals surface area (Å²) in [4.78, 5) is 35.4. The average molecular weight is 1290 g/mol. The minimum atomic E-state index is -4.40. The van der Waals surface area contributed by atoms with Crippen LogP contribution < -0.4 is 5.73 Å². The Morgan fingerprint density at radius 1 is 0.341 bits per heavy atom. The number of ether oxygens (including phenoxy) is 2. The van der Waals surface area contributed by atoms with E-state index in [-0.39, 0.29) is 38.6 Å². The molecule has 0 aromatic carbocycles. The Balaban J connectivity index is 3.85. The van der Waals surface area contributed by atoms with Crippen LogP contribution in [0.15, 0.2) is 122 Å². The van der Waals surface area contributed by atoms with E-state index in [1.54, 1.807) is 0 Å². The van der Waals surface area contributed by atoms with Crippen molar-refractivity contribution in [1.29, 1.82) is 0 Å². The van der Waals surface area contributed by atoms with Crippen molar-refractivity contribution in [2.45, 2.75) is 354 Å². The van der Waals surface area contributed by atoms with Crippen LogP contribution in [0.2, 0.25) is 0 Å². The average Bonchev–Trinajstić information content (AvgIpc) is 3.74. The first-order valence-electron chi connectivity index (χ1n) is 38.0. The van der Waals surface area contributed by atoms with E-state index in [0.717, 1.165) is 96.3 Å². The van der Waals surface area contributed by atoms with Gasteiger partial charge in [0.25, 0.3) is 0 Å². The van der Waals surface area contributed by atoms with Gasteiger partial charge in [-0.25, -0.2) is 4.57 Å². The van der Waals surface area contributed by atoms with Crippen LogP contribution in [0.5, 0.6) is 0 Å². The van der Waals surface area contributed by atoms with Crippen LogP contribution in [-0.4, -0.2) is 49.3 Å². The number of phosphoric acid groups is 1. The van der Waals surface area contributed by atoms with Crippen LogP contribution in [-0.2, 0) is 32.7 Å². The van der Waals surface area contributed by atoms with Crippen molar-refractivity contribution < 1.29 is 37.6 Å². The second-order valence-corrected chi connectivity index (χ2v) is 26.6. The minimum absolute atomic E-state index is 0.0507. The zero-order valence-corrected chi connectivity index (χ0v) is 59.9.